The van der Waals surface area contributed by atoms with E-state index in [0.717, 1.165) is 25.0 Å². The van der Waals surface area contributed by atoms with Crippen LogP contribution in [0.25, 0.3) is 0 Å². The zero-order valence-corrected chi connectivity index (χ0v) is 17.2. The zero-order valence-electron chi connectivity index (χ0n) is 17.2. The molecule has 10 nitrogen and oxygen atoms in total. The molecule has 1 aliphatic carbocycles. The van der Waals surface area contributed by atoms with Gasteiger partial charge in [0, 0.05) is 25.6 Å². The van der Waals surface area contributed by atoms with Crippen molar-refractivity contribution < 1.29 is 42.7 Å². The second-order valence-electron chi connectivity index (χ2n) is 7.28. The SMILES string of the molecule is NC(=O)COc1ccc(F)cc1OCC(=O)N1CCOCCOCCC2(CC2)OOC1. The van der Waals surface area contributed by atoms with Gasteiger partial charge in [0.2, 0.25) is 0 Å². The Morgan fingerprint density at radius 2 is 1.77 bits per heavy atom. The molecule has 1 aromatic rings. The van der Waals surface area contributed by atoms with E-state index >= 15 is 0 Å². The van der Waals surface area contributed by atoms with Crippen LogP contribution in [0.1, 0.15) is 19.3 Å². The highest BCUT2D eigenvalue weighted by molar-refractivity contribution is 5.78. The van der Waals surface area contributed by atoms with Crippen molar-refractivity contribution in [3.05, 3.63) is 24.0 Å². The van der Waals surface area contributed by atoms with Crippen molar-refractivity contribution in [1.29, 1.82) is 0 Å². The van der Waals surface area contributed by atoms with E-state index in [0.29, 0.717) is 26.2 Å². The fourth-order valence-electron chi connectivity index (χ4n) is 2.84. The highest BCUT2D eigenvalue weighted by Crippen LogP contribution is 2.42. The molecular weight excluding hydrogens is 415 g/mol. The first-order valence-electron chi connectivity index (χ1n) is 10.0. The lowest BCUT2D eigenvalue weighted by atomic mass is 10.2. The topological polar surface area (TPSA) is 119 Å². The first kappa shape index (κ1) is 23.2. The Hall–Kier alpha value is -2.47. The fourth-order valence-corrected chi connectivity index (χ4v) is 2.84. The minimum atomic E-state index is -0.697. The maximum atomic E-state index is 13.6. The lowest BCUT2D eigenvalue weighted by Crippen LogP contribution is -2.39. The van der Waals surface area contributed by atoms with Crippen molar-refractivity contribution in [1.82, 2.24) is 4.90 Å². The molecule has 2 fully saturated rings. The summed E-state index contributed by atoms with van der Waals surface area (Å²) < 4.78 is 35.2. The maximum absolute atomic E-state index is 13.6. The molecule has 1 saturated heterocycles. The number of halogens is 1. The number of rotatable bonds is 6. The normalized spacial score (nSPS) is 19.6. The molecule has 0 radical (unpaired) electrons. The average Bonchev–Trinajstić information content (AvgIpc) is 3.50. The van der Waals surface area contributed by atoms with Gasteiger partial charge in [-0.2, -0.15) is 0 Å². The molecule has 2 aliphatic rings. The minimum Gasteiger partial charge on any atom is -0.480 e. The molecule has 3 rings (SSSR count). The van der Waals surface area contributed by atoms with Crippen molar-refractivity contribution in [2.45, 2.75) is 24.9 Å². The quantitative estimate of drug-likeness (QED) is 0.642. The number of nitrogens with two attached hydrogens (primary N) is 1. The third-order valence-electron chi connectivity index (χ3n) is 4.81. The highest BCUT2D eigenvalue weighted by atomic mass is 19.1. The van der Waals surface area contributed by atoms with Crippen molar-refractivity contribution in [2.75, 3.05) is 52.9 Å². The summed E-state index contributed by atoms with van der Waals surface area (Å²) in [5.41, 5.74) is 4.71. The van der Waals surface area contributed by atoms with Crippen LogP contribution in [0.5, 0.6) is 11.5 Å². The van der Waals surface area contributed by atoms with Crippen LogP contribution < -0.4 is 15.2 Å². The van der Waals surface area contributed by atoms with E-state index in [4.69, 9.17) is 34.5 Å². The summed E-state index contributed by atoms with van der Waals surface area (Å²) in [5.74, 6) is -1.64. The summed E-state index contributed by atoms with van der Waals surface area (Å²) in [5, 5.41) is 0. The second kappa shape index (κ2) is 11.2. The number of amides is 2. The van der Waals surface area contributed by atoms with Gasteiger partial charge in [-0.25, -0.2) is 14.2 Å². The predicted molar refractivity (Wildman–Crippen MR) is 104 cm³/mol. The maximum Gasteiger partial charge on any atom is 0.262 e. The number of benzene rings is 1. The largest absolute Gasteiger partial charge is 0.480 e. The Labute approximate surface area is 179 Å². The van der Waals surface area contributed by atoms with Crippen LogP contribution in [0.15, 0.2) is 18.2 Å². The van der Waals surface area contributed by atoms with Gasteiger partial charge in [-0.3, -0.25) is 9.59 Å². The van der Waals surface area contributed by atoms with Gasteiger partial charge in [-0.05, 0) is 25.0 Å². The number of nitrogens with zero attached hydrogens (tertiary/aromatic N) is 1. The second-order valence-corrected chi connectivity index (χ2v) is 7.28. The van der Waals surface area contributed by atoms with Crippen LogP contribution in [-0.4, -0.2) is 75.2 Å². The molecule has 2 amide bonds. The molecule has 0 aromatic heterocycles. The van der Waals surface area contributed by atoms with E-state index < -0.39 is 30.8 Å². The number of carbonyl (C=O) groups is 2. The summed E-state index contributed by atoms with van der Waals surface area (Å²) in [7, 11) is 0. The molecule has 1 spiro atoms. The number of primary amides is 1. The third kappa shape index (κ3) is 7.62. The van der Waals surface area contributed by atoms with Crippen LogP contribution in [-0.2, 0) is 28.8 Å². The Bertz CT molecular complexity index is 759. The lowest BCUT2D eigenvalue weighted by Gasteiger charge is -2.23. The van der Waals surface area contributed by atoms with E-state index in [-0.39, 0.29) is 37.0 Å². The first-order valence-corrected chi connectivity index (χ1v) is 10.0. The molecule has 2 N–H and O–H groups in total. The van der Waals surface area contributed by atoms with E-state index in [1.54, 1.807) is 0 Å². The molecule has 0 atom stereocenters. The van der Waals surface area contributed by atoms with Crippen LogP contribution >= 0.6 is 0 Å². The summed E-state index contributed by atoms with van der Waals surface area (Å²) in [6, 6.07) is 3.49. The van der Waals surface area contributed by atoms with Gasteiger partial charge in [-0.1, -0.05) is 0 Å². The van der Waals surface area contributed by atoms with E-state index in [9.17, 15) is 14.0 Å². The van der Waals surface area contributed by atoms with Crippen LogP contribution in [0, 0.1) is 5.82 Å². The first-order chi connectivity index (χ1) is 15.0. The molecule has 1 saturated carbocycles. The zero-order chi connectivity index (χ0) is 22.1. The van der Waals surface area contributed by atoms with Gasteiger partial charge in [0.25, 0.3) is 11.8 Å². The monoisotopic (exact) mass is 442 g/mol. The summed E-state index contributed by atoms with van der Waals surface area (Å²) in [4.78, 5) is 35.8. The van der Waals surface area contributed by atoms with Crippen LogP contribution in [0.2, 0.25) is 0 Å². The Morgan fingerprint density at radius 1 is 1.03 bits per heavy atom. The van der Waals surface area contributed by atoms with Crippen LogP contribution in [0.3, 0.4) is 0 Å². The van der Waals surface area contributed by atoms with Crippen molar-refractivity contribution >= 4 is 11.8 Å². The Balaban J connectivity index is 1.57. The van der Waals surface area contributed by atoms with Gasteiger partial charge >= 0.3 is 0 Å². The van der Waals surface area contributed by atoms with Gasteiger partial charge in [0.15, 0.2) is 31.4 Å². The average molecular weight is 442 g/mol. The molecule has 172 valence electrons. The molecule has 0 unspecified atom stereocenters. The van der Waals surface area contributed by atoms with Gasteiger partial charge in [-0.15, -0.1) is 0 Å². The van der Waals surface area contributed by atoms with E-state index in [1.807, 2.05) is 0 Å². The number of ether oxygens (including phenoxy) is 4. The predicted octanol–water partition coefficient (Wildman–Crippen LogP) is 0.772. The smallest absolute Gasteiger partial charge is 0.262 e. The van der Waals surface area contributed by atoms with E-state index in [1.165, 1.54) is 11.0 Å². The van der Waals surface area contributed by atoms with Crippen molar-refractivity contribution in [3.8, 4) is 11.5 Å². The van der Waals surface area contributed by atoms with Gasteiger partial charge in [0.05, 0.1) is 19.8 Å². The lowest BCUT2D eigenvalue weighted by molar-refractivity contribution is -0.351. The Morgan fingerprint density at radius 3 is 2.52 bits per heavy atom. The molecular formula is C20H27FN2O8. The van der Waals surface area contributed by atoms with Gasteiger partial charge in [0.1, 0.15) is 11.4 Å². The minimum absolute atomic E-state index is 0.0251. The summed E-state index contributed by atoms with van der Waals surface area (Å²) in [6.45, 7) is 1.02. The summed E-state index contributed by atoms with van der Waals surface area (Å²) >= 11 is 0. The third-order valence-corrected chi connectivity index (χ3v) is 4.81. The molecule has 1 aromatic carbocycles. The van der Waals surface area contributed by atoms with E-state index in [2.05, 4.69) is 0 Å². The molecule has 31 heavy (non-hydrogen) atoms. The molecule has 0 bridgehead atoms. The van der Waals surface area contributed by atoms with Crippen LogP contribution in [0.4, 0.5) is 4.39 Å². The standard InChI is InChI=1S/C20H27FN2O8/c21-15-1-2-16(28-12-18(22)24)17(11-15)29-13-19(25)23-6-8-27-10-9-26-7-5-20(3-4-20)31-30-14-23/h1-2,11H,3-10,12-14H2,(H2,22,24). The fraction of sp³-hybridized carbons (Fsp3) is 0.600. The Kier molecular flexibility index (Phi) is 8.41. The number of hydrogen-bond donors (Lipinski definition) is 1. The molecule has 1 aliphatic heterocycles. The number of hydrogen-bond acceptors (Lipinski definition) is 8. The number of carbonyl (C=O) groups excluding carboxylic acids is 2. The highest BCUT2D eigenvalue weighted by Gasteiger charge is 2.45. The van der Waals surface area contributed by atoms with Gasteiger partial charge < -0.3 is 29.6 Å². The molecule has 11 heteroatoms. The molecule has 1 heterocycles. The summed E-state index contributed by atoms with van der Waals surface area (Å²) in [6.07, 6.45) is 2.45. The van der Waals surface area contributed by atoms with Crippen molar-refractivity contribution in [2.24, 2.45) is 5.73 Å². The van der Waals surface area contributed by atoms with Crippen molar-refractivity contribution in [3.63, 3.8) is 0 Å².